The van der Waals surface area contributed by atoms with Crippen molar-refractivity contribution in [3.63, 3.8) is 0 Å². The fourth-order valence-corrected chi connectivity index (χ4v) is 5.82. The van der Waals surface area contributed by atoms with Crippen LogP contribution in [0, 0.1) is 0 Å². The predicted octanol–water partition coefficient (Wildman–Crippen LogP) is 8.37. The molecule has 1 aliphatic heterocycles. The van der Waals surface area contributed by atoms with Crippen LogP contribution in [0.4, 0.5) is 10.5 Å². The molecule has 1 heterocycles. The van der Waals surface area contributed by atoms with E-state index in [4.69, 9.17) is 37.4 Å². The molecule has 0 atom stereocenters. The van der Waals surface area contributed by atoms with Gasteiger partial charge in [-0.15, -0.1) is 0 Å². The molecule has 1 aliphatic rings. The smallest absolute Gasteiger partial charge is 0.339 e. The summed E-state index contributed by atoms with van der Waals surface area (Å²) < 4.78 is 17.6. The summed E-state index contributed by atoms with van der Waals surface area (Å²) in [7, 11) is 0. The Labute approximate surface area is 283 Å². The fourth-order valence-electron chi connectivity index (χ4n) is 4.09. The number of hydrogen-bond donors (Lipinski definition) is 1. The number of hydrogen-bond acceptors (Lipinski definition) is 8. The molecule has 3 aromatic carbocycles. The molecule has 4 rings (SSSR count). The first-order valence-corrected chi connectivity index (χ1v) is 16.3. The highest BCUT2D eigenvalue weighted by atomic mass is 79.9. The number of nitrogens with zero attached hydrogens (tertiary/aromatic N) is 1. The topological polar surface area (TPSA) is 111 Å². The van der Waals surface area contributed by atoms with Gasteiger partial charge < -0.3 is 19.5 Å². The highest BCUT2D eigenvalue weighted by molar-refractivity contribution is 9.10. The zero-order chi connectivity index (χ0) is 32.5. The predicted molar refractivity (Wildman–Crippen MR) is 179 cm³/mol. The molecule has 0 aliphatic carbocycles. The van der Waals surface area contributed by atoms with Gasteiger partial charge in [0.25, 0.3) is 11.1 Å². The molecule has 236 valence electrons. The summed E-state index contributed by atoms with van der Waals surface area (Å²) in [5.41, 5.74) is 1.86. The summed E-state index contributed by atoms with van der Waals surface area (Å²) in [5, 5.41) is 2.81. The summed E-state index contributed by atoms with van der Waals surface area (Å²) in [6, 6.07) is 15.1. The summed E-state index contributed by atoms with van der Waals surface area (Å²) in [6.07, 6.45) is 3.12. The number of unbranched alkanes of at least 4 members (excludes halogenated alkanes) is 1. The van der Waals surface area contributed by atoms with Gasteiger partial charge in [-0.05, 0) is 101 Å². The molecule has 45 heavy (non-hydrogen) atoms. The minimum absolute atomic E-state index is 0.0960. The van der Waals surface area contributed by atoms with E-state index >= 15 is 0 Å². The minimum atomic E-state index is -0.630. The number of ether oxygens (including phenoxy) is 3. The van der Waals surface area contributed by atoms with Crippen LogP contribution >= 0.6 is 50.9 Å². The number of carbonyl (C=O) groups excluding carboxylic acids is 4. The Morgan fingerprint density at radius 3 is 2.49 bits per heavy atom. The van der Waals surface area contributed by atoms with Gasteiger partial charge in [0, 0.05) is 10.7 Å². The molecule has 0 radical (unpaired) electrons. The van der Waals surface area contributed by atoms with Gasteiger partial charge in [0.1, 0.15) is 13.2 Å². The van der Waals surface area contributed by atoms with Crippen LogP contribution in [0.3, 0.4) is 0 Å². The summed E-state index contributed by atoms with van der Waals surface area (Å²) in [6.45, 7) is 4.18. The maximum absolute atomic E-state index is 13.1. The van der Waals surface area contributed by atoms with Crippen molar-refractivity contribution >= 4 is 85.7 Å². The van der Waals surface area contributed by atoms with Crippen molar-refractivity contribution in [1.82, 2.24) is 4.90 Å². The minimum Gasteiger partial charge on any atom is -0.490 e. The molecular weight excluding hydrogens is 707 g/mol. The van der Waals surface area contributed by atoms with E-state index in [1.807, 2.05) is 26.0 Å². The van der Waals surface area contributed by atoms with Gasteiger partial charge in [-0.25, -0.2) is 4.79 Å². The molecule has 0 unspecified atom stereocenters. The molecule has 1 saturated heterocycles. The molecule has 0 saturated carbocycles. The van der Waals surface area contributed by atoms with Gasteiger partial charge in [0.15, 0.2) is 11.5 Å². The lowest BCUT2D eigenvalue weighted by Gasteiger charge is -2.15. The van der Waals surface area contributed by atoms with Crippen LogP contribution in [0.1, 0.15) is 48.2 Å². The summed E-state index contributed by atoms with van der Waals surface area (Å²) in [4.78, 5) is 52.0. The van der Waals surface area contributed by atoms with Crippen LogP contribution < -0.4 is 14.8 Å². The highest BCUT2D eigenvalue weighted by Crippen LogP contribution is 2.40. The lowest BCUT2D eigenvalue weighted by Crippen LogP contribution is -2.36. The molecule has 3 amide bonds. The zero-order valence-electron chi connectivity index (χ0n) is 24.4. The van der Waals surface area contributed by atoms with E-state index in [9.17, 15) is 19.2 Å². The lowest BCUT2D eigenvalue weighted by molar-refractivity contribution is -0.127. The van der Waals surface area contributed by atoms with E-state index in [-0.39, 0.29) is 34.4 Å². The average molecular weight is 736 g/mol. The van der Waals surface area contributed by atoms with Crippen molar-refractivity contribution in [3.05, 3.63) is 90.7 Å². The highest BCUT2D eigenvalue weighted by Gasteiger charge is 2.36. The maximum Gasteiger partial charge on any atom is 0.339 e. The average Bonchev–Trinajstić information content (AvgIpc) is 3.25. The number of halogens is 3. The Morgan fingerprint density at radius 2 is 1.78 bits per heavy atom. The Bertz CT molecular complexity index is 1630. The van der Waals surface area contributed by atoms with E-state index in [2.05, 4.69) is 21.2 Å². The van der Waals surface area contributed by atoms with Crippen LogP contribution in [0.25, 0.3) is 6.08 Å². The molecule has 0 aromatic heterocycles. The standard InChI is InChI=1S/C32H29BrCl2N2O7S/c1-3-5-12-43-31(40)23-16-22(10-11-25(23)35)36-28(38)17-37-30(39)27(45-32(37)41)15-20-13-24(33)29(26(14-20)42-4-2)44-18-19-6-8-21(34)9-7-19/h6-11,13-16H,3-5,12,17-18H2,1-2H3,(H,36,38)/b27-15+. The van der Waals surface area contributed by atoms with Crippen LogP contribution in [-0.4, -0.2) is 47.7 Å². The number of amides is 3. The van der Waals surface area contributed by atoms with E-state index in [0.717, 1.165) is 28.6 Å². The SMILES string of the molecule is CCCCOC(=O)c1cc(NC(=O)CN2C(=O)S/C(=C/c3cc(Br)c(OCc4ccc(Cl)cc4)c(OCC)c3)C2=O)ccc1Cl. The number of rotatable bonds is 13. The Kier molecular flexibility index (Phi) is 12.3. The maximum atomic E-state index is 13.1. The second-order valence-electron chi connectivity index (χ2n) is 9.68. The van der Waals surface area contributed by atoms with Crippen molar-refractivity contribution < 1.29 is 33.4 Å². The van der Waals surface area contributed by atoms with Crippen LogP contribution in [0.15, 0.2) is 64.0 Å². The Morgan fingerprint density at radius 1 is 1.02 bits per heavy atom. The summed E-state index contributed by atoms with van der Waals surface area (Å²) >= 11 is 16.4. The Hall–Kier alpha value is -3.51. The fraction of sp³-hybridized carbons (Fsp3) is 0.250. The number of esters is 1. The molecule has 1 N–H and O–H groups in total. The van der Waals surface area contributed by atoms with Crippen LogP contribution in [0.5, 0.6) is 11.5 Å². The first-order valence-electron chi connectivity index (χ1n) is 13.9. The van der Waals surface area contributed by atoms with Gasteiger partial charge in [0.05, 0.1) is 33.2 Å². The van der Waals surface area contributed by atoms with Gasteiger partial charge in [0.2, 0.25) is 5.91 Å². The number of thioether (sulfide) groups is 1. The van der Waals surface area contributed by atoms with Gasteiger partial charge >= 0.3 is 5.97 Å². The van der Waals surface area contributed by atoms with Crippen LogP contribution in [0.2, 0.25) is 10.0 Å². The molecular formula is C32H29BrCl2N2O7S. The molecule has 13 heteroatoms. The summed E-state index contributed by atoms with van der Waals surface area (Å²) in [5.74, 6) is -0.931. The third kappa shape index (κ3) is 9.26. The number of imide groups is 1. The lowest BCUT2D eigenvalue weighted by atomic mass is 10.1. The van der Waals surface area contributed by atoms with Gasteiger partial charge in [-0.2, -0.15) is 0 Å². The number of carbonyl (C=O) groups is 4. The third-order valence-electron chi connectivity index (χ3n) is 6.30. The van der Waals surface area contributed by atoms with E-state index < -0.39 is 29.6 Å². The first-order chi connectivity index (χ1) is 21.6. The molecule has 3 aromatic rings. The second kappa shape index (κ2) is 16.2. The Balaban J connectivity index is 1.44. The second-order valence-corrected chi connectivity index (χ2v) is 12.4. The van der Waals surface area contributed by atoms with E-state index in [1.54, 1.807) is 30.3 Å². The van der Waals surface area contributed by atoms with Crippen molar-refractivity contribution in [1.29, 1.82) is 0 Å². The van der Waals surface area contributed by atoms with Crippen LogP contribution in [-0.2, 0) is 20.9 Å². The molecule has 0 spiro atoms. The van der Waals surface area contributed by atoms with Crippen molar-refractivity contribution in [2.45, 2.75) is 33.3 Å². The monoisotopic (exact) mass is 734 g/mol. The van der Waals surface area contributed by atoms with Gasteiger partial charge in [-0.1, -0.05) is 48.7 Å². The van der Waals surface area contributed by atoms with Gasteiger partial charge in [-0.3, -0.25) is 19.3 Å². The van der Waals surface area contributed by atoms with Crippen molar-refractivity contribution in [2.75, 3.05) is 25.1 Å². The molecule has 9 nitrogen and oxygen atoms in total. The number of anilines is 1. The van der Waals surface area contributed by atoms with E-state index in [0.29, 0.717) is 39.6 Å². The largest absolute Gasteiger partial charge is 0.490 e. The quantitative estimate of drug-likeness (QED) is 0.106. The number of benzene rings is 3. The van der Waals surface area contributed by atoms with Crippen molar-refractivity contribution in [3.8, 4) is 11.5 Å². The molecule has 0 bridgehead atoms. The van der Waals surface area contributed by atoms with Crippen molar-refractivity contribution in [2.24, 2.45) is 0 Å². The zero-order valence-corrected chi connectivity index (χ0v) is 28.3. The molecule has 1 fully saturated rings. The first kappa shape index (κ1) is 34.4. The number of nitrogens with one attached hydrogen (secondary N) is 1. The normalized spacial score (nSPS) is 13.7. The third-order valence-corrected chi connectivity index (χ3v) is 8.38. The van der Waals surface area contributed by atoms with E-state index in [1.165, 1.54) is 18.2 Å².